The van der Waals surface area contributed by atoms with E-state index in [-0.39, 0.29) is 22.6 Å². The van der Waals surface area contributed by atoms with E-state index >= 15 is 0 Å². The van der Waals surface area contributed by atoms with Crippen molar-refractivity contribution < 1.29 is 47.9 Å². The third-order valence-electron chi connectivity index (χ3n) is 3.46. The lowest BCUT2D eigenvalue weighted by molar-refractivity contribution is -0.187. The van der Waals surface area contributed by atoms with Crippen molar-refractivity contribution in [2.45, 2.75) is 39.9 Å². The molecule has 0 fully saturated rings. The zero-order valence-corrected chi connectivity index (χ0v) is 17.9. The number of para-hydroxylation sites is 2. The van der Waals surface area contributed by atoms with Crippen LogP contribution in [0.3, 0.4) is 0 Å². The molecule has 32 heavy (non-hydrogen) atoms. The number of benzene rings is 2. The molecule has 0 aliphatic carbocycles. The molecule has 0 amide bonds. The van der Waals surface area contributed by atoms with Crippen LogP contribution < -0.4 is 9.47 Å². The van der Waals surface area contributed by atoms with Crippen LogP contribution in [-0.4, -0.2) is 36.5 Å². The molecule has 0 aliphatic heterocycles. The Bertz CT molecular complexity index is 901. The lowest BCUT2D eigenvalue weighted by atomic mass is 10.2. The molecule has 0 radical (unpaired) electrons. The van der Waals surface area contributed by atoms with E-state index in [9.17, 15) is 19.2 Å². The highest BCUT2D eigenvalue weighted by atomic mass is 17.2. The molecule has 0 aromatic heterocycles. The molecular formula is C22H22O10. The molecule has 0 heterocycles. The average Bonchev–Trinajstić information content (AvgIpc) is 2.71. The Morgan fingerprint density at radius 3 is 1.28 bits per heavy atom. The molecule has 0 saturated heterocycles. The number of carbonyl (C=O) groups is 4. The van der Waals surface area contributed by atoms with E-state index in [1.807, 2.05) is 0 Å². The highest BCUT2D eigenvalue weighted by Crippen LogP contribution is 2.22. The number of carbonyl (C=O) groups excluding carboxylic acids is 4. The van der Waals surface area contributed by atoms with Gasteiger partial charge in [0.05, 0.1) is 12.2 Å². The summed E-state index contributed by atoms with van der Waals surface area (Å²) in [5.74, 6) is -2.52. The molecular weight excluding hydrogens is 424 g/mol. The second-order valence-corrected chi connectivity index (χ2v) is 6.77. The van der Waals surface area contributed by atoms with Crippen LogP contribution in [0.15, 0.2) is 48.5 Å². The van der Waals surface area contributed by atoms with Gasteiger partial charge in [-0.05, 0) is 52.0 Å². The summed E-state index contributed by atoms with van der Waals surface area (Å²) in [4.78, 5) is 57.3. The van der Waals surface area contributed by atoms with Crippen molar-refractivity contribution >= 4 is 24.2 Å². The van der Waals surface area contributed by atoms with Gasteiger partial charge in [-0.1, -0.05) is 24.3 Å². The summed E-state index contributed by atoms with van der Waals surface area (Å²) in [6.45, 7) is 6.52. The van der Waals surface area contributed by atoms with E-state index < -0.39 is 36.5 Å². The smallest absolute Gasteiger partial charge is 0.431 e. The largest absolute Gasteiger partial charge is 0.514 e. The second-order valence-electron chi connectivity index (χ2n) is 6.77. The van der Waals surface area contributed by atoms with Gasteiger partial charge in [0.1, 0.15) is 22.6 Å². The highest BCUT2D eigenvalue weighted by Gasteiger charge is 2.23. The first-order chi connectivity index (χ1) is 15.2. The Balaban J connectivity index is 2.06. The minimum atomic E-state index is -1.11. The van der Waals surface area contributed by atoms with Crippen molar-refractivity contribution in [1.29, 1.82) is 0 Å². The molecule has 10 heteroatoms. The minimum absolute atomic E-state index is 0.153. The summed E-state index contributed by atoms with van der Waals surface area (Å²) in [6, 6.07) is 11.3. The number of hydrogen-bond acceptors (Lipinski definition) is 10. The fourth-order valence-corrected chi connectivity index (χ4v) is 2.23. The lowest BCUT2D eigenvalue weighted by Crippen LogP contribution is -2.19. The van der Waals surface area contributed by atoms with Crippen LogP contribution in [0.25, 0.3) is 0 Å². The zero-order valence-electron chi connectivity index (χ0n) is 17.9. The number of ether oxygens (including phenoxy) is 4. The summed E-state index contributed by atoms with van der Waals surface area (Å²) in [7, 11) is 0. The fourth-order valence-electron chi connectivity index (χ4n) is 2.23. The van der Waals surface area contributed by atoms with Crippen molar-refractivity contribution in [3.8, 4) is 11.5 Å². The molecule has 0 unspecified atom stereocenters. The molecule has 2 aromatic carbocycles. The first-order valence-electron chi connectivity index (χ1n) is 9.55. The van der Waals surface area contributed by atoms with Crippen LogP contribution in [0.2, 0.25) is 0 Å². The molecule has 0 spiro atoms. The third kappa shape index (κ3) is 7.31. The Kier molecular flexibility index (Phi) is 8.58. The topological polar surface area (TPSA) is 124 Å². The van der Waals surface area contributed by atoms with Crippen molar-refractivity contribution in [1.82, 2.24) is 0 Å². The van der Waals surface area contributed by atoms with Crippen LogP contribution in [0.1, 0.15) is 48.4 Å². The van der Waals surface area contributed by atoms with Gasteiger partial charge in [-0.2, -0.15) is 0 Å². The van der Waals surface area contributed by atoms with Crippen LogP contribution in [0, 0.1) is 0 Å². The molecule has 0 atom stereocenters. The quantitative estimate of drug-likeness (QED) is 0.272. The van der Waals surface area contributed by atoms with Crippen LogP contribution in [0.4, 0.5) is 9.59 Å². The Morgan fingerprint density at radius 1 is 0.594 bits per heavy atom. The molecule has 2 aromatic rings. The highest BCUT2D eigenvalue weighted by molar-refractivity contribution is 5.96. The zero-order chi connectivity index (χ0) is 23.7. The minimum Gasteiger partial charge on any atom is -0.431 e. The molecule has 2 rings (SSSR count). The monoisotopic (exact) mass is 446 g/mol. The van der Waals surface area contributed by atoms with Gasteiger partial charge in [0.25, 0.3) is 0 Å². The van der Waals surface area contributed by atoms with Gasteiger partial charge in [0.2, 0.25) is 0 Å². The van der Waals surface area contributed by atoms with Crippen molar-refractivity contribution in [3.63, 3.8) is 0 Å². The summed E-state index contributed by atoms with van der Waals surface area (Å²) >= 11 is 0. The molecule has 170 valence electrons. The summed E-state index contributed by atoms with van der Waals surface area (Å²) in [5.41, 5.74) is -0.378. The maximum absolute atomic E-state index is 12.4. The molecule has 10 nitrogen and oxygen atoms in total. The van der Waals surface area contributed by atoms with Gasteiger partial charge in [-0.25, -0.2) is 29.0 Å². The first kappa shape index (κ1) is 24.2. The van der Waals surface area contributed by atoms with Crippen LogP contribution in [0.5, 0.6) is 11.5 Å². The first-order valence-corrected chi connectivity index (χ1v) is 9.55. The van der Waals surface area contributed by atoms with E-state index in [1.54, 1.807) is 27.7 Å². The van der Waals surface area contributed by atoms with Gasteiger partial charge in [-0.15, -0.1) is 0 Å². The molecule has 0 N–H and O–H groups in total. The Labute approximate surface area is 183 Å². The Hall–Kier alpha value is -4.08. The summed E-state index contributed by atoms with van der Waals surface area (Å²) in [5, 5.41) is 0. The van der Waals surface area contributed by atoms with Gasteiger partial charge >= 0.3 is 24.2 Å². The van der Waals surface area contributed by atoms with Crippen LogP contribution in [-0.2, 0) is 19.2 Å². The van der Waals surface area contributed by atoms with Gasteiger partial charge < -0.3 is 18.9 Å². The van der Waals surface area contributed by atoms with Gasteiger partial charge in [0.15, 0.2) is 0 Å². The lowest BCUT2D eigenvalue weighted by Gasteiger charge is -2.12. The molecule has 0 saturated carbocycles. The van der Waals surface area contributed by atoms with Crippen molar-refractivity contribution in [2.24, 2.45) is 0 Å². The van der Waals surface area contributed by atoms with Crippen molar-refractivity contribution in [2.75, 3.05) is 0 Å². The summed E-state index contributed by atoms with van der Waals surface area (Å²) < 4.78 is 19.7. The maximum Gasteiger partial charge on any atom is 0.514 e. The molecule has 0 aliphatic rings. The molecule has 0 bridgehead atoms. The predicted molar refractivity (Wildman–Crippen MR) is 108 cm³/mol. The number of rotatable bonds is 6. The van der Waals surface area contributed by atoms with Gasteiger partial charge in [-0.3, -0.25) is 0 Å². The van der Waals surface area contributed by atoms with E-state index in [1.165, 1.54) is 48.5 Å². The maximum atomic E-state index is 12.4. The Morgan fingerprint density at radius 2 is 0.938 bits per heavy atom. The van der Waals surface area contributed by atoms with Crippen molar-refractivity contribution in [3.05, 3.63) is 59.7 Å². The predicted octanol–water partition coefficient (Wildman–Crippen LogP) is 4.46. The third-order valence-corrected chi connectivity index (χ3v) is 3.46. The van der Waals surface area contributed by atoms with E-state index in [0.29, 0.717) is 0 Å². The van der Waals surface area contributed by atoms with E-state index in [2.05, 4.69) is 9.78 Å². The fraction of sp³-hybridized carbons (Fsp3) is 0.273. The van der Waals surface area contributed by atoms with E-state index in [0.717, 1.165) is 0 Å². The second kappa shape index (κ2) is 11.3. The average molecular weight is 446 g/mol. The summed E-state index contributed by atoms with van der Waals surface area (Å²) in [6.07, 6.45) is -2.89. The SMILES string of the molecule is CC(C)OC(=O)Oc1ccccc1C(=O)OOC(=O)c1ccccc1OC(=O)OC(C)C. The van der Waals surface area contributed by atoms with E-state index in [4.69, 9.17) is 18.9 Å². The van der Waals surface area contributed by atoms with Gasteiger partial charge in [0, 0.05) is 0 Å². The number of hydrogen-bond donors (Lipinski definition) is 0. The van der Waals surface area contributed by atoms with Crippen LogP contribution >= 0.6 is 0 Å². The standard InChI is InChI=1S/C22H22O10/c1-13(2)27-21(25)29-17-11-7-5-9-15(17)19(23)31-32-20(24)16-10-6-8-12-18(16)30-22(26)28-14(3)4/h5-14H,1-4H3. The normalized spacial score (nSPS) is 10.3.